The summed E-state index contributed by atoms with van der Waals surface area (Å²) < 4.78 is 0. The van der Waals surface area contributed by atoms with Crippen LogP contribution >= 0.6 is 0 Å². The van der Waals surface area contributed by atoms with Crippen LogP contribution in [0, 0.1) is 0 Å². The highest BCUT2D eigenvalue weighted by Crippen LogP contribution is 2.51. The molecule has 3 aromatic heterocycles. The largest absolute Gasteiger partial charge is 0.506 e. The van der Waals surface area contributed by atoms with Gasteiger partial charge in [0.05, 0.1) is 22.8 Å². The molecule has 6 rings (SSSR count). The minimum Gasteiger partial charge on any atom is -0.506 e. The first kappa shape index (κ1) is 22.2. The van der Waals surface area contributed by atoms with Gasteiger partial charge in [0, 0.05) is 28.8 Å². The SMILES string of the molecule is CC(C)c1ccnc(N2c3cc(-c4ccc5cccc(O)c5n4)ccc3C(C)(C)c3ncccc32)c1. The average molecular weight is 473 g/mol. The highest BCUT2D eigenvalue weighted by atomic mass is 16.3. The van der Waals surface area contributed by atoms with Crippen molar-refractivity contribution in [2.75, 3.05) is 4.90 Å². The first-order valence-corrected chi connectivity index (χ1v) is 12.3. The van der Waals surface area contributed by atoms with Gasteiger partial charge in [-0.15, -0.1) is 0 Å². The molecule has 0 bridgehead atoms. The van der Waals surface area contributed by atoms with Gasteiger partial charge in [-0.05, 0) is 73.4 Å². The van der Waals surface area contributed by atoms with E-state index in [0.29, 0.717) is 11.4 Å². The number of phenols is 1. The molecule has 4 heterocycles. The Morgan fingerprint density at radius 3 is 2.53 bits per heavy atom. The standard InChI is InChI=1S/C31H28N4O/c1-19(2)21-14-16-32-28(18-21)35-25-8-6-15-33-30(25)31(3,4)23-12-10-22(17-26(23)35)24-13-11-20-7-5-9-27(36)29(20)34-24/h5-19,36H,1-4H3. The van der Waals surface area contributed by atoms with Gasteiger partial charge in [-0.3, -0.25) is 9.88 Å². The van der Waals surface area contributed by atoms with Crippen LogP contribution in [0.3, 0.4) is 0 Å². The van der Waals surface area contributed by atoms with E-state index in [9.17, 15) is 5.11 Å². The van der Waals surface area contributed by atoms with E-state index in [4.69, 9.17) is 15.0 Å². The van der Waals surface area contributed by atoms with E-state index in [0.717, 1.165) is 39.5 Å². The number of hydrogen-bond acceptors (Lipinski definition) is 5. The minimum atomic E-state index is -0.286. The molecule has 0 saturated heterocycles. The number of phenolic OH excluding ortho intramolecular Hbond substituents is 1. The number of fused-ring (bicyclic) bond motifs is 3. The molecule has 0 saturated carbocycles. The van der Waals surface area contributed by atoms with Crippen molar-refractivity contribution in [3.05, 3.63) is 102 Å². The summed E-state index contributed by atoms with van der Waals surface area (Å²) in [5.41, 5.74) is 7.64. The van der Waals surface area contributed by atoms with Gasteiger partial charge in [0.15, 0.2) is 0 Å². The third-order valence-corrected chi connectivity index (χ3v) is 7.19. The summed E-state index contributed by atoms with van der Waals surface area (Å²) in [6.07, 6.45) is 3.75. The maximum absolute atomic E-state index is 10.4. The number of benzene rings is 2. The van der Waals surface area contributed by atoms with E-state index in [2.05, 4.69) is 69.0 Å². The average Bonchev–Trinajstić information content (AvgIpc) is 2.89. The molecule has 0 radical (unpaired) electrons. The lowest BCUT2D eigenvalue weighted by molar-refractivity contribution is 0.480. The van der Waals surface area contributed by atoms with Crippen LogP contribution in [0.2, 0.25) is 0 Å². The highest BCUT2D eigenvalue weighted by Gasteiger charge is 2.38. The smallest absolute Gasteiger partial charge is 0.141 e. The zero-order chi connectivity index (χ0) is 25.0. The zero-order valence-corrected chi connectivity index (χ0v) is 20.9. The second-order valence-electron chi connectivity index (χ2n) is 10.2. The van der Waals surface area contributed by atoms with Gasteiger partial charge in [-0.2, -0.15) is 0 Å². The Morgan fingerprint density at radius 2 is 1.69 bits per heavy atom. The van der Waals surface area contributed by atoms with Crippen LogP contribution in [0.15, 0.2) is 85.2 Å². The molecule has 0 atom stereocenters. The number of rotatable bonds is 3. The number of para-hydroxylation sites is 1. The van der Waals surface area contributed by atoms with Gasteiger partial charge >= 0.3 is 0 Å². The van der Waals surface area contributed by atoms with Crippen molar-refractivity contribution in [1.29, 1.82) is 0 Å². The molecule has 2 aromatic carbocycles. The lowest BCUT2D eigenvalue weighted by Gasteiger charge is -2.40. The van der Waals surface area contributed by atoms with Gasteiger partial charge in [0.2, 0.25) is 0 Å². The first-order chi connectivity index (χ1) is 17.3. The van der Waals surface area contributed by atoms with Crippen LogP contribution in [-0.4, -0.2) is 20.1 Å². The molecule has 0 unspecified atom stereocenters. The first-order valence-electron chi connectivity index (χ1n) is 12.3. The minimum absolute atomic E-state index is 0.185. The monoisotopic (exact) mass is 472 g/mol. The molecular formula is C31H28N4O. The van der Waals surface area contributed by atoms with Crippen molar-refractivity contribution in [2.45, 2.75) is 39.0 Å². The highest BCUT2D eigenvalue weighted by molar-refractivity contribution is 5.89. The topological polar surface area (TPSA) is 62.1 Å². The third kappa shape index (κ3) is 3.42. The third-order valence-electron chi connectivity index (χ3n) is 7.19. The Labute approximate surface area is 211 Å². The number of pyridine rings is 3. The molecule has 0 aliphatic carbocycles. The van der Waals surface area contributed by atoms with Crippen molar-refractivity contribution < 1.29 is 5.11 Å². The molecule has 1 N–H and O–H groups in total. The molecule has 5 nitrogen and oxygen atoms in total. The fraction of sp³-hybridized carbons (Fsp3) is 0.194. The molecule has 5 aromatic rings. The molecular weight excluding hydrogens is 444 g/mol. The Balaban J connectivity index is 1.59. The number of aromatic nitrogens is 3. The van der Waals surface area contributed by atoms with Crippen LogP contribution in [-0.2, 0) is 5.41 Å². The van der Waals surface area contributed by atoms with Gasteiger partial charge < -0.3 is 5.11 Å². The fourth-order valence-electron chi connectivity index (χ4n) is 5.18. The lowest BCUT2D eigenvalue weighted by atomic mass is 9.76. The van der Waals surface area contributed by atoms with Crippen molar-refractivity contribution >= 4 is 28.1 Å². The molecule has 36 heavy (non-hydrogen) atoms. The Hall–Kier alpha value is -4.25. The molecule has 1 aliphatic rings. The van der Waals surface area contributed by atoms with Crippen molar-refractivity contribution in [3.8, 4) is 17.0 Å². The number of aromatic hydroxyl groups is 1. The number of nitrogens with zero attached hydrogens (tertiary/aromatic N) is 4. The van der Waals surface area contributed by atoms with Gasteiger partial charge in [0.25, 0.3) is 0 Å². The van der Waals surface area contributed by atoms with E-state index < -0.39 is 0 Å². The molecule has 0 fully saturated rings. The fourth-order valence-corrected chi connectivity index (χ4v) is 5.18. The van der Waals surface area contributed by atoms with Crippen LogP contribution in [0.4, 0.5) is 17.2 Å². The summed E-state index contributed by atoms with van der Waals surface area (Å²) in [5.74, 6) is 1.44. The van der Waals surface area contributed by atoms with Crippen LogP contribution in [0.1, 0.15) is 50.4 Å². The van der Waals surface area contributed by atoms with E-state index in [1.807, 2.05) is 42.7 Å². The molecule has 5 heteroatoms. The predicted molar refractivity (Wildman–Crippen MR) is 145 cm³/mol. The van der Waals surface area contributed by atoms with E-state index in [1.165, 1.54) is 11.1 Å². The van der Waals surface area contributed by atoms with Gasteiger partial charge in [0.1, 0.15) is 17.1 Å². The number of hydrogen-bond donors (Lipinski definition) is 1. The van der Waals surface area contributed by atoms with Crippen molar-refractivity contribution in [1.82, 2.24) is 15.0 Å². The summed E-state index contributed by atoms with van der Waals surface area (Å²) in [6, 6.07) is 24.3. The van der Waals surface area contributed by atoms with Crippen LogP contribution < -0.4 is 4.90 Å². The van der Waals surface area contributed by atoms with Crippen LogP contribution in [0.5, 0.6) is 5.75 Å². The van der Waals surface area contributed by atoms with Gasteiger partial charge in [-0.25, -0.2) is 9.97 Å². The zero-order valence-electron chi connectivity index (χ0n) is 20.9. The molecule has 178 valence electrons. The summed E-state index contributed by atoms with van der Waals surface area (Å²) in [4.78, 5) is 16.6. The lowest BCUT2D eigenvalue weighted by Crippen LogP contribution is -2.32. The van der Waals surface area contributed by atoms with Crippen molar-refractivity contribution in [3.63, 3.8) is 0 Å². The quantitative estimate of drug-likeness (QED) is 0.292. The second-order valence-corrected chi connectivity index (χ2v) is 10.2. The number of anilines is 3. The Bertz CT molecular complexity index is 1620. The summed E-state index contributed by atoms with van der Waals surface area (Å²) in [6.45, 7) is 8.83. The van der Waals surface area contributed by atoms with Gasteiger partial charge in [-0.1, -0.05) is 44.2 Å². The van der Waals surface area contributed by atoms with Crippen LogP contribution in [0.25, 0.3) is 22.2 Å². The molecule has 0 amide bonds. The molecule has 0 spiro atoms. The Kier molecular flexibility index (Phi) is 5.04. The summed E-state index contributed by atoms with van der Waals surface area (Å²) in [7, 11) is 0. The molecule has 1 aliphatic heterocycles. The normalized spacial score (nSPS) is 14.1. The Morgan fingerprint density at radius 1 is 0.833 bits per heavy atom. The maximum atomic E-state index is 10.4. The van der Waals surface area contributed by atoms with E-state index >= 15 is 0 Å². The predicted octanol–water partition coefficient (Wildman–Crippen LogP) is 7.63. The van der Waals surface area contributed by atoms with Crippen molar-refractivity contribution in [2.24, 2.45) is 0 Å². The second kappa shape index (κ2) is 8.16. The maximum Gasteiger partial charge on any atom is 0.141 e. The summed E-state index contributed by atoms with van der Waals surface area (Å²) in [5, 5.41) is 11.3. The van der Waals surface area contributed by atoms with E-state index in [-0.39, 0.29) is 11.2 Å². The van der Waals surface area contributed by atoms with E-state index in [1.54, 1.807) is 6.07 Å². The summed E-state index contributed by atoms with van der Waals surface area (Å²) >= 11 is 0.